The van der Waals surface area contributed by atoms with Crippen molar-refractivity contribution in [3.05, 3.63) is 39.9 Å². The summed E-state index contributed by atoms with van der Waals surface area (Å²) in [5, 5.41) is 14.4. The minimum Gasteiger partial charge on any atom is -0.273 e. The number of hydrazone groups is 1. The first-order valence-electron chi connectivity index (χ1n) is 9.20. The summed E-state index contributed by atoms with van der Waals surface area (Å²) in [6, 6.07) is 6.00. The van der Waals surface area contributed by atoms with Gasteiger partial charge in [0.25, 0.3) is 5.69 Å². The van der Waals surface area contributed by atoms with Gasteiger partial charge in [0, 0.05) is 18.6 Å². The summed E-state index contributed by atoms with van der Waals surface area (Å²) in [5.41, 5.74) is 3.23. The van der Waals surface area contributed by atoms with Gasteiger partial charge >= 0.3 is 0 Å². The van der Waals surface area contributed by atoms with Gasteiger partial charge in [-0.3, -0.25) is 14.9 Å². The molecule has 6 nitrogen and oxygen atoms in total. The van der Waals surface area contributed by atoms with E-state index in [1.54, 1.807) is 12.1 Å². The van der Waals surface area contributed by atoms with Crippen molar-refractivity contribution in [2.75, 3.05) is 0 Å². The van der Waals surface area contributed by atoms with Crippen molar-refractivity contribution in [2.45, 2.75) is 71.1 Å². The minimum atomic E-state index is -0.450. The first-order chi connectivity index (χ1) is 12.1. The number of nitrogens with one attached hydrogen (secondary N) is 1. The molecule has 1 rings (SSSR count). The van der Waals surface area contributed by atoms with E-state index in [1.165, 1.54) is 63.3 Å². The van der Waals surface area contributed by atoms with Crippen molar-refractivity contribution in [3.8, 4) is 0 Å². The fourth-order valence-electron chi connectivity index (χ4n) is 2.51. The largest absolute Gasteiger partial charge is 0.273 e. The zero-order chi connectivity index (χ0) is 18.3. The Bertz CT molecular complexity index is 541. The van der Waals surface area contributed by atoms with Gasteiger partial charge in [0.1, 0.15) is 0 Å². The van der Waals surface area contributed by atoms with Gasteiger partial charge in [-0.1, -0.05) is 58.3 Å². The molecule has 0 atom stereocenters. The summed E-state index contributed by atoms with van der Waals surface area (Å²) >= 11 is 0. The highest BCUT2D eigenvalue weighted by molar-refractivity contribution is 5.82. The van der Waals surface area contributed by atoms with Crippen molar-refractivity contribution in [2.24, 2.45) is 5.10 Å². The average Bonchev–Trinajstić information content (AvgIpc) is 2.61. The van der Waals surface area contributed by atoms with Crippen LogP contribution in [-0.4, -0.2) is 17.0 Å². The van der Waals surface area contributed by atoms with Crippen molar-refractivity contribution in [1.82, 2.24) is 5.43 Å². The standard InChI is InChI=1S/C19H29N3O3/c1-2-3-4-5-6-7-8-9-10-11-19(23)21-20-16-17-12-14-18(15-13-17)22(24)25/h12-16H,2-11H2,1H3,(H,21,23)/b20-16-. The molecule has 0 aliphatic carbocycles. The van der Waals surface area contributed by atoms with Crippen LogP contribution >= 0.6 is 0 Å². The first-order valence-corrected chi connectivity index (χ1v) is 9.20. The van der Waals surface area contributed by atoms with Gasteiger partial charge in [0.05, 0.1) is 11.1 Å². The molecule has 1 amide bonds. The molecule has 0 unspecified atom stereocenters. The molecule has 6 heteroatoms. The smallest absolute Gasteiger partial charge is 0.269 e. The van der Waals surface area contributed by atoms with Crippen molar-refractivity contribution >= 4 is 17.8 Å². The summed E-state index contributed by atoms with van der Waals surface area (Å²) in [5.74, 6) is -0.0962. The molecule has 0 saturated carbocycles. The molecule has 0 aromatic heterocycles. The quantitative estimate of drug-likeness (QED) is 0.237. The molecule has 0 aliphatic heterocycles. The maximum Gasteiger partial charge on any atom is 0.269 e. The van der Waals surface area contributed by atoms with E-state index >= 15 is 0 Å². The topological polar surface area (TPSA) is 84.6 Å². The normalized spacial score (nSPS) is 10.9. The molecule has 25 heavy (non-hydrogen) atoms. The molecule has 1 aromatic rings. The third kappa shape index (κ3) is 10.3. The number of carbonyl (C=O) groups excluding carboxylic acids is 1. The molecule has 0 bridgehead atoms. The number of nitro benzene ring substituents is 1. The van der Waals surface area contributed by atoms with Crippen LogP contribution in [0, 0.1) is 10.1 Å². The summed E-state index contributed by atoms with van der Waals surface area (Å²) in [6.45, 7) is 2.22. The number of hydrogen-bond donors (Lipinski definition) is 1. The second kappa shape index (κ2) is 13.1. The molecule has 0 aliphatic rings. The monoisotopic (exact) mass is 347 g/mol. The number of nitrogens with zero attached hydrogens (tertiary/aromatic N) is 2. The van der Waals surface area contributed by atoms with Gasteiger partial charge in [0.2, 0.25) is 5.91 Å². The number of benzene rings is 1. The van der Waals surface area contributed by atoms with Crippen LogP contribution in [0.25, 0.3) is 0 Å². The van der Waals surface area contributed by atoms with Gasteiger partial charge < -0.3 is 0 Å². The van der Waals surface area contributed by atoms with Crippen LogP contribution < -0.4 is 5.43 Å². The number of amides is 1. The van der Waals surface area contributed by atoms with E-state index in [0.717, 1.165) is 12.8 Å². The third-order valence-corrected chi connectivity index (χ3v) is 4.01. The molecular formula is C19H29N3O3. The lowest BCUT2D eigenvalue weighted by molar-refractivity contribution is -0.384. The average molecular weight is 347 g/mol. The van der Waals surface area contributed by atoms with Crippen LogP contribution in [0.3, 0.4) is 0 Å². The number of nitro groups is 1. The van der Waals surface area contributed by atoms with E-state index in [2.05, 4.69) is 17.5 Å². The Morgan fingerprint density at radius 2 is 1.60 bits per heavy atom. The van der Waals surface area contributed by atoms with E-state index in [1.807, 2.05) is 0 Å². The maximum atomic E-state index is 11.7. The fraction of sp³-hybridized carbons (Fsp3) is 0.579. The Labute approximate surface area is 149 Å². The van der Waals surface area contributed by atoms with Crippen molar-refractivity contribution < 1.29 is 9.72 Å². The van der Waals surface area contributed by atoms with Crippen LogP contribution in [-0.2, 0) is 4.79 Å². The summed E-state index contributed by atoms with van der Waals surface area (Å²) < 4.78 is 0. The molecule has 0 fully saturated rings. The summed E-state index contributed by atoms with van der Waals surface area (Å²) in [7, 11) is 0. The lowest BCUT2D eigenvalue weighted by Gasteiger charge is -2.02. The highest BCUT2D eigenvalue weighted by Crippen LogP contribution is 2.11. The zero-order valence-electron chi connectivity index (χ0n) is 15.1. The van der Waals surface area contributed by atoms with Crippen LogP contribution in [0.4, 0.5) is 5.69 Å². The molecule has 0 saturated heterocycles. The minimum absolute atomic E-state index is 0.0338. The van der Waals surface area contributed by atoms with Crippen molar-refractivity contribution in [1.29, 1.82) is 0 Å². The van der Waals surface area contributed by atoms with E-state index in [4.69, 9.17) is 0 Å². The predicted molar refractivity (Wildman–Crippen MR) is 101 cm³/mol. The van der Waals surface area contributed by atoms with E-state index in [0.29, 0.717) is 12.0 Å². The van der Waals surface area contributed by atoms with Crippen LogP contribution in [0.5, 0.6) is 0 Å². The van der Waals surface area contributed by atoms with Crippen LogP contribution in [0.15, 0.2) is 29.4 Å². The molecule has 0 heterocycles. The van der Waals surface area contributed by atoms with E-state index in [-0.39, 0.29) is 11.6 Å². The number of carbonyl (C=O) groups is 1. The lowest BCUT2D eigenvalue weighted by Crippen LogP contribution is -2.16. The molecular weight excluding hydrogens is 318 g/mol. The second-order valence-corrected chi connectivity index (χ2v) is 6.22. The van der Waals surface area contributed by atoms with Gasteiger partial charge in [-0.15, -0.1) is 0 Å². The number of hydrogen-bond acceptors (Lipinski definition) is 4. The Kier molecular flexibility index (Phi) is 10.9. The Hall–Kier alpha value is -2.24. The SMILES string of the molecule is CCCCCCCCCCCC(=O)N/N=C\c1ccc([N+](=O)[O-])cc1. The Balaban J connectivity index is 2.07. The highest BCUT2D eigenvalue weighted by Gasteiger charge is 2.03. The fourth-order valence-corrected chi connectivity index (χ4v) is 2.51. The second-order valence-electron chi connectivity index (χ2n) is 6.22. The van der Waals surface area contributed by atoms with Crippen molar-refractivity contribution in [3.63, 3.8) is 0 Å². The maximum absolute atomic E-state index is 11.7. The number of non-ortho nitro benzene ring substituents is 1. The molecule has 0 spiro atoms. The molecule has 1 N–H and O–H groups in total. The first kappa shape index (κ1) is 20.8. The van der Waals surface area contributed by atoms with Gasteiger partial charge in [0.15, 0.2) is 0 Å². The number of rotatable bonds is 13. The highest BCUT2D eigenvalue weighted by atomic mass is 16.6. The van der Waals surface area contributed by atoms with Gasteiger partial charge in [-0.25, -0.2) is 5.43 Å². The summed E-state index contributed by atoms with van der Waals surface area (Å²) in [4.78, 5) is 21.8. The number of unbranched alkanes of at least 4 members (excludes halogenated alkanes) is 8. The van der Waals surface area contributed by atoms with E-state index in [9.17, 15) is 14.9 Å². The van der Waals surface area contributed by atoms with Crippen LogP contribution in [0.1, 0.15) is 76.7 Å². The van der Waals surface area contributed by atoms with E-state index < -0.39 is 4.92 Å². The lowest BCUT2D eigenvalue weighted by atomic mass is 10.1. The third-order valence-electron chi connectivity index (χ3n) is 4.01. The molecule has 0 radical (unpaired) electrons. The van der Waals surface area contributed by atoms with Gasteiger partial charge in [-0.05, 0) is 24.1 Å². The Morgan fingerprint density at radius 3 is 2.16 bits per heavy atom. The predicted octanol–water partition coefficient (Wildman–Crippen LogP) is 4.97. The summed E-state index contributed by atoms with van der Waals surface area (Å²) in [6.07, 6.45) is 12.9. The zero-order valence-corrected chi connectivity index (χ0v) is 15.1. The Morgan fingerprint density at radius 1 is 1.04 bits per heavy atom. The van der Waals surface area contributed by atoms with Gasteiger partial charge in [-0.2, -0.15) is 5.10 Å². The van der Waals surface area contributed by atoms with Crippen LogP contribution in [0.2, 0.25) is 0 Å². The molecule has 1 aromatic carbocycles. The molecule has 138 valence electrons.